The molecule has 0 saturated carbocycles. The van der Waals surface area contributed by atoms with Crippen LogP contribution in [0.3, 0.4) is 0 Å². The lowest BCUT2D eigenvalue weighted by molar-refractivity contribution is -0.113. The van der Waals surface area contributed by atoms with E-state index in [1.165, 1.54) is 11.8 Å². The summed E-state index contributed by atoms with van der Waals surface area (Å²) in [4.78, 5) is 12.5. The highest BCUT2D eigenvalue weighted by atomic mass is 35.5. The average Bonchev–Trinajstić information content (AvgIpc) is 3.15. The first-order valence-electron chi connectivity index (χ1n) is 9.00. The highest BCUT2D eigenvalue weighted by Gasteiger charge is 2.16. The number of nitrogens with one attached hydrogen (secondary N) is 1. The molecule has 7 nitrogen and oxygen atoms in total. The second-order valence-electron chi connectivity index (χ2n) is 6.12. The van der Waals surface area contributed by atoms with E-state index >= 15 is 0 Å². The molecule has 1 amide bonds. The molecule has 0 aliphatic heterocycles. The molecule has 0 radical (unpaired) electrons. The summed E-state index contributed by atoms with van der Waals surface area (Å²) in [5.41, 5.74) is 1.38. The molecule has 0 fully saturated rings. The lowest BCUT2D eigenvalue weighted by Gasteiger charge is -2.12. The van der Waals surface area contributed by atoms with Gasteiger partial charge < -0.3 is 14.8 Å². The standard InChI is InChI=1S/C21H21ClN4O3S/c1-4-10-26-20(14-6-5-7-15(22)11-14)24-25-21(26)30-13-19(27)23-17-12-16(28-2)8-9-18(17)29-3/h4-9,11-12H,1,10,13H2,2-3H3,(H,23,27). The predicted octanol–water partition coefficient (Wildman–Crippen LogP) is 4.53. The maximum atomic E-state index is 12.5. The summed E-state index contributed by atoms with van der Waals surface area (Å²) in [5, 5.41) is 12.6. The van der Waals surface area contributed by atoms with Gasteiger partial charge in [0.05, 0.1) is 25.7 Å². The van der Waals surface area contributed by atoms with Crippen molar-refractivity contribution in [1.82, 2.24) is 14.8 Å². The summed E-state index contributed by atoms with van der Waals surface area (Å²) < 4.78 is 12.4. The van der Waals surface area contributed by atoms with E-state index in [0.29, 0.717) is 39.7 Å². The minimum absolute atomic E-state index is 0.144. The fourth-order valence-corrected chi connectivity index (χ4v) is 3.70. The molecule has 156 valence electrons. The number of hydrogen-bond donors (Lipinski definition) is 1. The van der Waals surface area contributed by atoms with Gasteiger partial charge in [-0.15, -0.1) is 16.8 Å². The van der Waals surface area contributed by atoms with Crippen molar-refractivity contribution in [1.29, 1.82) is 0 Å². The fraction of sp³-hybridized carbons (Fsp3) is 0.190. The van der Waals surface area contributed by atoms with Gasteiger partial charge in [0.2, 0.25) is 5.91 Å². The molecule has 3 aromatic rings. The van der Waals surface area contributed by atoms with Gasteiger partial charge in [0.25, 0.3) is 0 Å². The van der Waals surface area contributed by atoms with Crippen molar-refractivity contribution in [3.8, 4) is 22.9 Å². The van der Waals surface area contributed by atoms with Crippen molar-refractivity contribution in [2.45, 2.75) is 11.7 Å². The Labute approximate surface area is 184 Å². The topological polar surface area (TPSA) is 78.3 Å². The number of allylic oxidation sites excluding steroid dienone is 1. The SMILES string of the molecule is C=CCn1c(SCC(=O)Nc2cc(OC)ccc2OC)nnc1-c1cccc(Cl)c1. The maximum Gasteiger partial charge on any atom is 0.234 e. The molecule has 0 aliphatic rings. The molecule has 1 N–H and O–H groups in total. The Morgan fingerprint density at radius 3 is 2.77 bits per heavy atom. The van der Waals surface area contributed by atoms with Gasteiger partial charge in [-0.3, -0.25) is 9.36 Å². The van der Waals surface area contributed by atoms with Gasteiger partial charge in [-0.2, -0.15) is 0 Å². The Balaban J connectivity index is 1.74. The van der Waals surface area contributed by atoms with Crippen LogP contribution in [0, 0.1) is 0 Å². The summed E-state index contributed by atoms with van der Waals surface area (Å²) in [6.45, 7) is 4.30. The second-order valence-corrected chi connectivity index (χ2v) is 7.50. The Hall–Kier alpha value is -2.97. The zero-order valence-corrected chi connectivity index (χ0v) is 18.2. The molecular weight excluding hydrogens is 424 g/mol. The highest BCUT2D eigenvalue weighted by Crippen LogP contribution is 2.30. The predicted molar refractivity (Wildman–Crippen MR) is 120 cm³/mol. The van der Waals surface area contributed by atoms with E-state index in [9.17, 15) is 4.79 Å². The summed E-state index contributed by atoms with van der Waals surface area (Å²) in [6, 6.07) is 12.6. The molecule has 0 saturated heterocycles. The first-order valence-corrected chi connectivity index (χ1v) is 10.4. The van der Waals surface area contributed by atoms with Gasteiger partial charge >= 0.3 is 0 Å². The minimum atomic E-state index is -0.205. The second kappa shape index (κ2) is 10.2. The Morgan fingerprint density at radius 1 is 1.23 bits per heavy atom. The number of halogens is 1. The number of nitrogens with zero attached hydrogens (tertiary/aromatic N) is 3. The van der Waals surface area contributed by atoms with Crippen LogP contribution in [-0.2, 0) is 11.3 Å². The molecule has 0 atom stereocenters. The van der Waals surface area contributed by atoms with Crippen molar-refractivity contribution in [3.05, 3.63) is 60.1 Å². The number of thioether (sulfide) groups is 1. The molecule has 0 spiro atoms. The third-order valence-corrected chi connectivity index (χ3v) is 5.33. The van der Waals surface area contributed by atoms with E-state index in [-0.39, 0.29) is 11.7 Å². The van der Waals surface area contributed by atoms with Crippen LogP contribution < -0.4 is 14.8 Å². The normalized spacial score (nSPS) is 10.5. The molecule has 1 heterocycles. The zero-order chi connectivity index (χ0) is 21.5. The van der Waals surface area contributed by atoms with Crippen LogP contribution in [0.25, 0.3) is 11.4 Å². The molecule has 30 heavy (non-hydrogen) atoms. The van der Waals surface area contributed by atoms with Gasteiger partial charge in [0.1, 0.15) is 11.5 Å². The summed E-state index contributed by atoms with van der Waals surface area (Å²) in [7, 11) is 3.11. The fourth-order valence-electron chi connectivity index (χ4n) is 2.76. The number of carbonyl (C=O) groups excluding carboxylic acids is 1. The number of aromatic nitrogens is 3. The number of methoxy groups -OCH3 is 2. The molecule has 0 bridgehead atoms. The number of ether oxygens (including phenoxy) is 2. The summed E-state index contributed by atoms with van der Waals surface area (Å²) >= 11 is 7.38. The Kier molecular flexibility index (Phi) is 7.37. The van der Waals surface area contributed by atoms with Crippen molar-refractivity contribution >= 4 is 35.0 Å². The van der Waals surface area contributed by atoms with E-state index < -0.39 is 0 Å². The van der Waals surface area contributed by atoms with Crippen molar-refractivity contribution in [3.63, 3.8) is 0 Å². The molecule has 3 rings (SSSR count). The lowest BCUT2D eigenvalue weighted by Crippen LogP contribution is -2.15. The van der Waals surface area contributed by atoms with Crippen LogP contribution >= 0.6 is 23.4 Å². The number of rotatable bonds is 9. The largest absolute Gasteiger partial charge is 0.497 e. The van der Waals surface area contributed by atoms with Crippen molar-refractivity contribution in [2.75, 3.05) is 25.3 Å². The first kappa shape index (κ1) is 21.7. The minimum Gasteiger partial charge on any atom is -0.497 e. The van der Waals surface area contributed by atoms with Crippen LogP contribution in [0.5, 0.6) is 11.5 Å². The smallest absolute Gasteiger partial charge is 0.234 e. The first-order chi connectivity index (χ1) is 14.5. The quantitative estimate of drug-likeness (QED) is 0.386. The van der Waals surface area contributed by atoms with Crippen molar-refractivity contribution in [2.24, 2.45) is 0 Å². The molecule has 1 aromatic heterocycles. The summed E-state index contributed by atoms with van der Waals surface area (Å²) in [6.07, 6.45) is 1.75. The van der Waals surface area contributed by atoms with E-state index in [2.05, 4.69) is 22.1 Å². The molecule has 0 aliphatic carbocycles. The van der Waals surface area contributed by atoms with Gasteiger partial charge in [0.15, 0.2) is 11.0 Å². The molecule has 0 unspecified atom stereocenters. The monoisotopic (exact) mass is 444 g/mol. The third kappa shape index (κ3) is 5.14. The van der Waals surface area contributed by atoms with Gasteiger partial charge in [-0.05, 0) is 24.3 Å². The van der Waals surface area contributed by atoms with Crippen LogP contribution in [0.2, 0.25) is 5.02 Å². The van der Waals surface area contributed by atoms with Crippen LogP contribution in [-0.4, -0.2) is 40.6 Å². The van der Waals surface area contributed by atoms with Crippen LogP contribution in [0.1, 0.15) is 0 Å². The maximum absolute atomic E-state index is 12.5. The van der Waals surface area contributed by atoms with E-state index in [0.717, 1.165) is 5.56 Å². The number of benzene rings is 2. The molecule has 2 aromatic carbocycles. The average molecular weight is 445 g/mol. The van der Waals surface area contributed by atoms with E-state index in [1.54, 1.807) is 44.6 Å². The van der Waals surface area contributed by atoms with Gasteiger partial charge in [0, 0.05) is 23.2 Å². The van der Waals surface area contributed by atoms with Crippen molar-refractivity contribution < 1.29 is 14.3 Å². The Bertz CT molecular complexity index is 1050. The van der Waals surface area contributed by atoms with Crippen LogP contribution in [0.15, 0.2) is 60.3 Å². The number of carbonyl (C=O) groups is 1. The molecular formula is C21H21ClN4O3S. The van der Waals surface area contributed by atoms with Gasteiger partial charge in [-0.1, -0.05) is 41.6 Å². The zero-order valence-electron chi connectivity index (χ0n) is 16.6. The highest BCUT2D eigenvalue weighted by molar-refractivity contribution is 7.99. The van der Waals surface area contributed by atoms with E-state index in [1.807, 2.05) is 22.8 Å². The van der Waals surface area contributed by atoms with Gasteiger partial charge in [-0.25, -0.2) is 0 Å². The summed E-state index contributed by atoms with van der Waals surface area (Å²) in [5.74, 6) is 1.77. The number of anilines is 1. The third-order valence-electron chi connectivity index (χ3n) is 4.12. The Morgan fingerprint density at radius 2 is 2.07 bits per heavy atom. The van der Waals surface area contributed by atoms with E-state index in [4.69, 9.17) is 21.1 Å². The van der Waals surface area contributed by atoms with Crippen LogP contribution in [0.4, 0.5) is 5.69 Å². The lowest BCUT2D eigenvalue weighted by atomic mass is 10.2. The number of hydrogen-bond acceptors (Lipinski definition) is 6. The molecule has 9 heteroatoms. The number of amides is 1.